The molecule has 1 heterocycles. The predicted molar refractivity (Wildman–Crippen MR) is 45.4 cm³/mol. The van der Waals surface area contributed by atoms with Crippen LogP contribution in [-0.2, 0) is 12.8 Å². The zero-order chi connectivity index (χ0) is 7.68. The maximum absolute atomic E-state index is 8.71. The fourth-order valence-corrected chi connectivity index (χ4v) is 2.55. The molecular formula is C9H9NS. The number of nitriles is 1. The van der Waals surface area contributed by atoms with E-state index in [1.54, 1.807) is 11.3 Å². The van der Waals surface area contributed by atoms with Gasteiger partial charge in [0.25, 0.3) is 0 Å². The van der Waals surface area contributed by atoms with Gasteiger partial charge in [-0.05, 0) is 36.3 Å². The van der Waals surface area contributed by atoms with Gasteiger partial charge in [-0.2, -0.15) is 5.26 Å². The van der Waals surface area contributed by atoms with Gasteiger partial charge in [-0.3, -0.25) is 0 Å². The van der Waals surface area contributed by atoms with Gasteiger partial charge in [-0.15, -0.1) is 11.3 Å². The van der Waals surface area contributed by atoms with Gasteiger partial charge < -0.3 is 0 Å². The van der Waals surface area contributed by atoms with Crippen molar-refractivity contribution in [2.24, 2.45) is 5.92 Å². The topological polar surface area (TPSA) is 23.8 Å². The van der Waals surface area contributed by atoms with E-state index in [0.717, 1.165) is 19.3 Å². The SMILES string of the molecule is N#CC1CCc2ccsc2C1. The summed E-state index contributed by atoms with van der Waals surface area (Å²) in [5, 5.41) is 10.8. The molecule has 0 aliphatic heterocycles. The summed E-state index contributed by atoms with van der Waals surface area (Å²) in [6.45, 7) is 0. The summed E-state index contributed by atoms with van der Waals surface area (Å²) in [6.07, 6.45) is 3.15. The zero-order valence-electron chi connectivity index (χ0n) is 6.21. The molecule has 1 aliphatic carbocycles. The first-order valence-corrected chi connectivity index (χ1v) is 4.73. The summed E-state index contributed by atoms with van der Waals surface area (Å²) in [7, 11) is 0. The van der Waals surface area contributed by atoms with Crippen LogP contribution >= 0.6 is 11.3 Å². The van der Waals surface area contributed by atoms with Crippen molar-refractivity contribution in [3.05, 3.63) is 21.9 Å². The normalized spacial score (nSPS) is 22.3. The van der Waals surface area contributed by atoms with Gasteiger partial charge >= 0.3 is 0 Å². The van der Waals surface area contributed by atoms with E-state index in [4.69, 9.17) is 5.26 Å². The third kappa shape index (κ3) is 1.17. The fourth-order valence-electron chi connectivity index (χ4n) is 1.53. The van der Waals surface area contributed by atoms with Crippen LogP contribution in [0.25, 0.3) is 0 Å². The Kier molecular flexibility index (Phi) is 1.67. The first-order chi connectivity index (χ1) is 5.40. The summed E-state index contributed by atoms with van der Waals surface area (Å²) in [4.78, 5) is 1.43. The van der Waals surface area contributed by atoms with Crippen molar-refractivity contribution in [2.75, 3.05) is 0 Å². The Morgan fingerprint density at radius 2 is 2.55 bits per heavy atom. The number of rotatable bonds is 0. The minimum atomic E-state index is 0.279. The molecule has 56 valence electrons. The first-order valence-electron chi connectivity index (χ1n) is 3.85. The van der Waals surface area contributed by atoms with E-state index in [1.165, 1.54) is 10.4 Å². The van der Waals surface area contributed by atoms with Crippen molar-refractivity contribution in [3.63, 3.8) is 0 Å². The molecule has 0 saturated heterocycles. The maximum Gasteiger partial charge on any atom is 0.0659 e. The highest BCUT2D eigenvalue weighted by atomic mass is 32.1. The molecule has 0 spiro atoms. The number of fused-ring (bicyclic) bond motifs is 1. The second kappa shape index (κ2) is 2.67. The highest BCUT2D eigenvalue weighted by molar-refractivity contribution is 7.10. The first kappa shape index (κ1) is 6.87. The average Bonchev–Trinajstić information content (AvgIpc) is 2.50. The van der Waals surface area contributed by atoms with E-state index in [0.29, 0.717) is 0 Å². The Morgan fingerprint density at radius 1 is 1.64 bits per heavy atom. The maximum atomic E-state index is 8.71. The number of hydrogen-bond donors (Lipinski definition) is 0. The highest BCUT2D eigenvalue weighted by Crippen LogP contribution is 2.28. The molecule has 2 heteroatoms. The lowest BCUT2D eigenvalue weighted by Crippen LogP contribution is -2.09. The van der Waals surface area contributed by atoms with Crippen LogP contribution in [0.5, 0.6) is 0 Å². The van der Waals surface area contributed by atoms with Crippen molar-refractivity contribution in [1.29, 1.82) is 5.26 Å². The van der Waals surface area contributed by atoms with E-state index < -0.39 is 0 Å². The summed E-state index contributed by atoms with van der Waals surface area (Å²) in [5.74, 6) is 0.279. The molecule has 0 saturated carbocycles. The Balaban J connectivity index is 2.26. The molecular weight excluding hydrogens is 154 g/mol. The Bertz CT molecular complexity index is 295. The van der Waals surface area contributed by atoms with Crippen LogP contribution < -0.4 is 0 Å². The zero-order valence-corrected chi connectivity index (χ0v) is 7.03. The number of nitrogens with zero attached hydrogens (tertiary/aromatic N) is 1. The van der Waals surface area contributed by atoms with Crippen molar-refractivity contribution in [3.8, 4) is 6.07 Å². The monoisotopic (exact) mass is 163 g/mol. The summed E-state index contributed by atoms with van der Waals surface area (Å²) in [6, 6.07) is 4.53. The lowest BCUT2D eigenvalue weighted by molar-refractivity contribution is 0.572. The number of hydrogen-bond acceptors (Lipinski definition) is 2. The molecule has 1 atom stereocenters. The third-order valence-corrected chi connectivity index (χ3v) is 3.20. The van der Waals surface area contributed by atoms with Crippen LogP contribution in [0.2, 0.25) is 0 Å². The van der Waals surface area contributed by atoms with Crippen LogP contribution in [0.1, 0.15) is 16.9 Å². The molecule has 0 aromatic carbocycles. The van der Waals surface area contributed by atoms with E-state index in [1.807, 2.05) is 0 Å². The van der Waals surface area contributed by atoms with Crippen LogP contribution in [0, 0.1) is 17.2 Å². The quantitative estimate of drug-likeness (QED) is 0.576. The molecule has 1 aromatic rings. The van der Waals surface area contributed by atoms with Gasteiger partial charge in [0.1, 0.15) is 0 Å². The van der Waals surface area contributed by atoms with Crippen molar-refractivity contribution in [2.45, 2.75) is 19.3 Å². The van der Waals surface area contributed by atoms with E-state index in [9.17, 15) is 0 Å². The third-order valence-electron chi connectivity index (χ3n) is 2.21. The Hall–Kier alpha value is -0.810. The van der Waals surface area contributed by atoms with Crippen molar-refractivity contribution < 1.29 is 0 Å². The van der Waals surface area contributed by atoms with Gasteiger partial charge in [-0.25, -0.2) is 0 Å². The van der Waals surface area contributed by atoms with Crippen LogP contribution in [-0.4, -0.2) is 0 Å². The van der Waals surface area contributed by atoms with Gasteiger partial charge in [0.05, 0.1) is 12.0 Å². The van der Waals surface area contributed by atoms with Crippen LogP contribution in [0.4, 0.5) is 0 Å². The second-order valence-electron chi connectivity index (χ2n) is 2.94. The molecule has 0 fully saturated rings. The lowest BCUT2D eigenvalue weighted by Gasteiger charge is -2.14. The smallest absolute Gasteiger partial charge is 0.0659 e. The molecule has 0 N–H and O–H groups in total. The molecule has 11 heavy (non-hydrogen) atoms. The van der Waals surface area contributed by atoms with Gasteiger partial charge in [-0.1, -0.05) is 0 Å². The summed E-state index contributed by atoms with van der Waals surface area (Å²) < 4.78 is 0. The Labute approximate surface area is 70.3 Å². The Morgan fingerprint density at radius 3 is 3.36 bits per heavy atom. The predicted octanol–water partition coefficient (Wildman–Crippen LogP) is 2.38. The minimum Gasteiger partial charge on any atom is -0.198 e. The van der Waals surface area contributed by atoms with Crippen LogP contribution in [0.3, 0.4) is 0 Å². The highest BCUT2D eigenvalue weighted by Gasteiger charge is 2.18. The minimum absolute atomic E-state index is 0.279. The number of thiophene rings is 1. The van der Waals surface area contributed by atoms with Crippen LogP contribution in [0.15, 0.2) is 11.4 Å². The molecule has 1 nitrogen and oxygen atoms in total. The molecule has 0 bridgehead atoms. The van der Waals surface area contributed by atoms with Gasteiger partial charge in [0, 0.05) is 4.88 Å². The number of aryl methyl sites for hydroxylation is 1. The molecule has 0 amide bonds. The summed E-state index contributed by atoms with van der Waals surface area (Å²) >= 11 is 1.79. The molecule has 2 rings (SSSR count). The lowest BCUT2D eigenvalue weighted by atomic mass is 9.90. The average molecular weight is 163 g/mol. The largest absolute Gasteiger partial charge is 0.198 e. The van der Waals surface area contributed by atoms with E-state index >= 15 is 0 Å². The van der Waals surface area contributed by atoms with Gasteiger partial charge in [0.2, 0.25) is 0 Å². The van der Waals surface area contributed by atoms with Crippen molar-refractivity contribution in [1.82, 2.24) is 0 Å². The summed E-state index contributed by atoms with van der Waals surface area (Å²) in [5.41, 5.74) is 1.47. The molecule has 1 aromatic heterocycles. The van der Waals surface area contributed by atoms with Crippen molar-refractivity contribution >= 4 is 11.3 Å². The van der Waals surface area contributed by atoms with E-state index in [2.05, 4.69) is 17.5 Å². The molecule has 0 radical (unpaired) electrons. The second-order valence-corrected chi connectivity index (χ2v) is 3.94. The molecule has 1 unspecified atom stereocenters. The van der Waals surface area contributed by atoms with Gasteiger partial charge in [0.15, 0.2) is 0 Å². The molecule has 1 aliphatic rings. The fraction of sp³-hybridized carbons (Fsp3) is 0.444. The standard InChI is InChI=1S/C9H9NS/c10-6-7-1-2-8-3-4-11-9(8)5-7/h3-4,7H,1-2,5H2. The van der Waals surface area contributed by atoms with E-state index in [-0.39, 0.29) is 5.92 Å².